The molecule has 96 valence electrons. The fourth-order valence-electron chi connectivity index (χ4n) is 2.20. The van der Waals surface area contributed by atoms with E-state index in [1.165, 1.54) is 12.1 Å². The molecule has 3 amide bonds. The maximum absolute atomic E-state index is 12.0. The molecule has 3 N–H and O–H groups in total. The molecule has 1 aliphatic rings. The van der Waals surface area contributed by atoms with Crippen LogP contribution in [0.2, 0.25) is 0 Å². The van der Waals surface area contributed by atoms with Crippen molar-refractivity contribution in [3.8, 4) is 5.75 Å². The summed E-state index contributed by atoms with van der Waals surface area (Å²) in [7, 11) is 0. The van der Waals surface area contributed by atoms with Crippen LogP contribution < -0.4 is 10.6 Å². The molecule has 0 unspecified atom stereocenters. The van der Waals surface area contributed by atoms with Crippen LogP contribution in [0.1, 0.15) is 31.7 Å². The van der Waals surface area contributed by atoms with E-state index in [9.17, 15) is 14.7 Å². The van der Waals surface area contributed by atoms with Gasteiger partial charge in [0.2, 0.25) is 0 Å². The maximum atomic E-state index is 12.0. The minimum absolute atomic E-state index is 0.133. The zero-order valence-corrected chi connectivity index (χ0v) is 10.2. The Morgan fingerprint density at radius 2 is 1.89 bits per heavy atom. The molecule has 2 rings (SSSR count). The summed E-state index contributed by atoms with van der Waals surface area (Å²) in [5, 5.41) is 14.3. The van der Waals surface area contributed by atoms with Crippen LogP contribution >= 0.6 is 0 Å². The highest BCUT2D eigenvalue weighted by Gasteiger charge is 2.46. The molecule has 0 spiro atoms. The van der Waals surface area contributed by atoms with Crippen LogP contribution in [0.25, 0.3) is 0 Å². The van der Waals surface area contributed by atoms with Gasteiger partial charge in [0, 0.05) is 0 Å². The number of imide groups is 1. The lowest BCUT2D eigenvalue weighted by Crippen LogP contribution is -2.43. The molecule has 1 saturated heterocycles. The van der Waals surface area contributed by atoms with E-state index in [0.29, 0.717) is 12.0 Å². The Bertz CT molecular complexity index is 470. The molecule has 18 heavy (non-hydrogen) atoms. The zero-order chi connectivity index (χ0) is 13.2. The number of aromatic hydroxyl groups is 1. The summed E-state index contributed by atoms with van der Waals surface area (Å²) >= 11 is 0. The number of rotatable bonds is 4. The number of hydrogen-bond acceptors (Lipinski definition) is 3. The molecule has 1 fully saturated rings. The molecule has 1 aromatic carbocycles. The first-order chi connectivity index (χ1) is 8.58. The largest absolute Gasteiger partial charge is 0.508 e. The van der Waals surface area contributed by atoms with Gasteiger partial charge < -0.3 is 10.4 Å². The number of unbranched alkanes of at least 4 members (excludes halogenated alkanes) is 1. The molecule has 1 aromatic rings. The Kier molecular flexibility index (Phi) is 3.23. The lowest BCUT2D eigenvalue weighted by atomic mass is 9.85. The minimum Gasteiger partial charge on any atom is -0.508 e. The second kappa shape index (κ2) is 4.68. The van der Waals surface area contributed by atoms with Crippen molar-refractivity contribution in [2.75, 3.05) is 0 Å². The van der Waals surface area contributed by atoms with Crippen molar-refractivity contribution in [2.45, 2.75) is 31.7 Å². The van der Waals surface area contributed by atoms with E-state index in [-0.39, 0.29) is 11.7 Å². The van der Waals surface area contributed by atoms with Gasteiger partial charge in [0.05, 0.1) is 0 Å². The Balaban J connectivity index is 2.39. The van der Waals surface area contributed by atoms with Gasteiger partial charge in [-0.2, -0.15) is 0 Å². The lowest BCUT2D eigenvalue weighted by molar-refractivity contribution is -0.124. The number of phenols is 1. The summed E-state index contributed by atoms with van der Waals surface area (Å²) in [5.41, 5.74) is -0.307. The maximum Gasteiger partial charge on any atom is 0.322 e. The molecule has 0 saturated carbocycles. The zero-order valence-electron chi connectivity index (χ0n) is 10.2. The number of urea groups is 1. The summed E-state index contributed by atoms with van der Waals surface area (Å²) in [6.07, 6.45) is 2.31. The lowest BCUT2D eigenvalue weighted by Gasteiger charge is -2.26. The first-order valence-corrected chi connectivity index (χ1v) is 6.01. The van der Waals surface area contributed by atoms with Crippen molar-refractivity contribution in [1.82, 2.24) is 10.6 Å². The fraction of sp³-hybridized carbons (Fsp3) is 0.385. The number of nitrogens with one attached hydrogen (secondary N) is 2. The molecule has 0 aromatic heterocycles. The smallest absolute Gasteiger partial charge is 0.322 e. The van der Waals surface area contributed by atoms with Crippen LogP contribution in [0, 0.1) is 0 Å². The van der Waals surface area contributed by atoms with Crippen molar-refractivity contribution in [1.29, 1.82) is 0 Å². The standard InChI is InChI=1S/C13H16N2O3/c1-2-3-8-13(11(17)14-12(18)15-13)9-4-6-10(16)7-5-9/h4-7,16H,2-3,8H2,1H3,(H2,14,15,17,18)/t13-/m0/s1. The van der Waals surface area contributed by atoms with Gasteiger partial charge in [-0.15, -0.1) is 0 Å². The number of carbonyl (C=O) groups is 2. The van der Waals surface area contributed by atoms with Crippen molar-refractivity contribution >= 4 is 11.9 Å². The minimum atomic E-state index is -0.999. The van der Waals surface area contributed by atoms with Crippen LogP contribution in [0.3, 0.4) is 0 Å². The molecule has 1 aliphatic heterocycles. The van der Waals surface area contributed by atoms with Crippen molar-refractivity contribution in [3.63, 3.8) is 0 Å². The normalized spacial score (nSPS) is 22.7. The third-order valence-corrected chi connectivity index (χ3v) is 3.21. The predicted molar refractivity (Wildman–Crippen MR) is 66.0 cm³/mol. The van der Waals surface area contributed by atoms with E-state index < -0.39 is 11.6 Å². The molecule has 0 bridgehead atoms. The van der Waals surface area contributed by atoms with Gasteiger partial charge in [0.25, 0.3) is 5.91 Å². The summed E-state index contributed by atoms with van der Waals surface area (Å²) < 4.78 is 0. The Labute approximate surface area is 105 Å². The third-order valence-electron chi connectivity index (χ3n) is 3.21. The summed E-state index contributed by atoms with van der Waals surface area (Å²) in [6.45, 7) is 2.03. The Morgan fingerprint density at radius 3 is 2.39 bits per heavy atom. The van der Waals surface area contributed by atoms with Crippen molar-refractivity contribution in [3.05, 3.63) is 29.8 Å². The van der Waals surface area contributed by atoms with Crippen LogP contribution in [-0.2, 0) is 10.3 Å². The van der Waals surface area contributed by atoms with Crippen LogP contribution in [-0.4, -0.2) is 17.0 Å². The average Bonchev–Trinajstić information content (AvgIpc) is 2.63. The summed E-state index contributed by atoms with van der Waals surface area (Å²) in [4.78, 5) is 23.4. The topological polar surface area (TPSA) is 78.4 Å². The van der Waals surface area contributed by atoms with Gasteiger partial charge in [-0.05, 0) is 24.1 Å². The van der Waals surface area contributed by atoms with Gasteiger partial charge in [0.15, 0.2) is 0 Å². The molecular weight excluding hydrogens is 232 g/mol. The van der Waals surface area contributed by atoms with Gasteiger partial charge >= 0.3 is 6.03 Å². The van der Waals surface area contributed by atoms with E-state index in [1.807, 2.05) is 6.92 Å². The first kappa shape index (κ1) is 12.4. The SMILES string of the molecule is CCCC[C@@]1(c2ccc(O)cc2)NC(=O)NC1=O. The Hall–Kier alpha value is -2.04. The number of benzene rings is 1. The van der Waals surface area contributed by atoms with Gasteiger partial charge in [-0.25, -0.2) is 4.79 Å². The quantitative estimate of drug-likeness (QED) is 0.708. The summed E-state index contributed by atoms with van der Waals surface area (Å²) in [6, 6.07) is 5.89. The summed E-state index contributed by atoms with van der Waals surface area (Å²) in [5.74, 6) is -0.194. The second-order valence-corrected chi connectivity index (χ2v) is 4.46. The average molecular weight is 248 g/mol. The fourth-order valence-corrected chi connectivity index (χ4v) is 2.20. The van der Waals surface area contributed by atoms with E-state index in [1.54, 1.807) is 12.1 Å². The molecule has 1 heterocycles. The Morgan fingerprint density at radius 1 is 1.22 bits per heavy atom. The van der Waals surface area contributed by atoms with Crippen molar-refractivity contribution < 1.29 is 14.7 Å². The number of hydrogen-bond donors (Lipinski definition) is 3. The highest BCUT2D eigenvalue weighted by Crippen LogP contribution is 2.31. The van der Waals surface area contributed by atoms with Crippen LogP contribution in [0.4, 0.5) is 4.79 Å². The number of amides is 3. The molecule has 1 atom stereocenters. The van der Waals surface area contributed by atoms with Crippen LogP contribution in [0.15, 0.2) is 24.3 Å². The molecule has 5 heteroatoms. The predicted octanol–water partition coefficient (Wildman–Crippen LogP) is 1.62. The molecule has 0 aliphatic carbocycles. The first-order valence-electron chi connectivity index (χ1n) is 6.01. The molecule has 0 radical (unpaired) electrons. The van der Waals surface area contributed by atoms with E-state index in [2.05, 4.69) is 10.6 Å². The van der Waals surface area contributed by atoms with Gasteiger partial charge in [-0.1, -0.05) is 31.9 Å². The van der Waals surface area contributed by atoms with Gasteiger partial charge in [-0.3, -0.25) is 10.1 Å². The molecule has 5 nitrogen and oxygen atoms in total. The second-order valence-electron chi connectivity index (χ2n) is 4.46. The highest BCUT2D eigenvalue weighted by atomic mass is 16.3. The number of carbonyl (C=O) groups excluding carboxylic acids is 2. The third kappa shape index (κ3) is 2.03. The van der Waals surface area contributed by atoms with Crippen molar-refractivity contribution in [2.24, 2.45) is 0 Å². The highest BCUT2D eigenvalue weighted by molar-refractivity contribution is 6.07. The monoisotopic (exact) mass is 248 g/mol. The van der Waals surface area contributed by atoms with Crippen LogP contribution in [0.5, 0.6) is 5.75 Å². The molecular formula is C13H16N2O3. The van der Waals surface area contributed by atoms with E-state index in [0.717, 1.165) is 12.8 Å². The van der Waals surface area contributed by atoms with E-state index in [4.69, 9.17) is 0 Å². The van der Waals surface area contributed by atoms with Gasteiger partial charge in [0.1, 0.15) is 11.3 Å². The number of phenolic OH excluding ortho intramolecular Hbond substituents is 1. The van der Waals surface area contributed by atoms with E-state index >= 15 is 0 Å².